The van der Waals surface area contributed by atoms with Crippen LogP contribution in [0, 0.1) is 0 Å². The number of rotatable bonds is 7. The van der Waals surface area contributed by atoms with Crippen LogP contribution in [0.3, 0.4) is 0 Å². The lowest BCUT2D eigenvalue weighted by Gasteiger charge is -2.15. The summed E-state index contributed by atoms with van der Waals surface area (Å²) in [5, 5.41) is 3.17. The number of hydrogen-bond acceptors (Lipinski definition) is 5. The maximum atomic E-state index is 12.3. The number of nitrogens with zero attached hydrogens (tertiary/aromatic N) is 1. The number of cyclic esters (lactones) is 1. The van der Waals surface area contributed by atoms with Crippen molar-refractivity contribution in [3.63, 3.8) is 0 Å². The molecule has 158 valence electrons. The van der Waals surface area contributed by atoms with Gasteiger partial charge in [0.2, 0.25) is 5.91 Å². The van der Waals surface area contributed by atoms with E-state index in [4.69, 9.17) is 25.8 Å². The van der Waals surface area contributed by atoms with Crippen molar-refractivity contribution in [2.24, 2.45) is 0 Å². The highest BCUT2D eigenvalue weighted by atomic mass is 35.5. The van der Waals surface area contributed by atoms with E-state index in [2.05, 4.69) is 5.32 Å². The summed E-state index contributed by atoms with van der Waals surface area (Å²) in [5.41, 5.74) is 1.92. The molecule has 2 aromatic carbocycles. The fourth-order valence-corrected chi connectivity index (χ4v) is 3.19. The van der Waals surface area contributed by atoms with E-state index in [0.29, 0.717) is 46.6 Å². The Morgan fingerprint density at radius 2 is 2.10 bits per heavy atom. The zero-order valence-corrected chi connectivity index (χ0v) is 17.7. The molecule has 0 saturated carbocycles. The van der Waals surface area contributed by atoms with Gasteiger partial charge >= 0.3 is 6.09 Å². The third-order valence-electron chi connectivity index (χ3n) is 4.22. The summed E-state index contributed by atoms with van der Waals surface area (Å²) < 4.78 is 16.0. The molecular formula is C22H23ClN2O5. The van der Waals surface area contributed by atoms with E-state index in [0.717, 1.165) is 0 Å². The lowest BCUT2D eigenvalue weighted by Crippen LogP contribution is -2.23. The minimum absolute atomic E-state index is 0.0539. The highest BCUT2D eigenvalue weighted by Gasteiger charge is 2.23. The lowest BCUT2D eigenvalue weighted by molar-refractivity contribution is -0.111. The van der Waals surface area contributed by atoms with E-state index in [1.165, 1.54) is 18.1 Å². The summed E-state index contributed by atoms with van der Waals surface area (Å²) in [4.78, 5) is 25.6. The van der Waals surface area contributed by atoms with Crippen LogP contribution in [0.2, 0.25) is 5.02 Å². The van der Waals surface area contributed by atoms with Gasteiger partial charge in [0.25, 0.3) is 0 Å². The van der Waals surface area contributed by atoms with Gasteiger partial charge in [0.05, 0.1) is 24.8 Å². The second-order valence-corrected chi connectivity index (χ2v) is 7.25. The molecule has 1 saturated heterocycles. The van der Waals surface area contributed by atoms with Crippen molar-refractivity contribution in [1.29, 1.82) is 0 Å². The number of carbonyl (C=O) groups is 2. The SMILES string of the molecule is COc1cc(/C=C/C(=O)Nc2cccc(N3CCOC3=O)c2)cc(Cl)c1OC(C)C. The van der Waals surface area contributed by atoms with Crippen LogP contribution in [0.15, 0.2) is 42.5 Å². The third-order valence-corrected chi connectivity index (χ3v) is 4.50. The van der Waals surface area contributed by atoms with E-state index in [1.807, 2.05) is 13.8 Å². The molecule has 0 radical (unpaired) electrons. The number of carbonyl (C=O) groups excluding carboxylic acids is 2. The van der Waals surface area contributed by atoms with Gasteiger partial charge < -0.3 is 19.5 Å². The highest BCUT2D eigenvalue weighted by molar-refractivity contribution is 6.32. The fraction of sp³-hybridized carbons (Fsp3) is 0.273. The van der Waals surface area contributed by atoms with Crippen LogP contribution in [-0.2, 0) is 9.53 Å². The molecule has 0 aliphatic carbocycles. The Morgan fingerprint density at radius 3 is 2.77 bits per heavy atom. The van der Waals surface area contributed by atoms with Gasteiger partial charge in [-0.3, -0.25) is 9.69 Å². The molecule has 7 nitrogen and oxygen atoms in total. The second-order valence-electron chi connectivity index (χ2n) is 6.84. The summed E-state index contributed by atoms with van der Waals surface area (Å²) in [6, 6.07) is 10.5. The van der Waals surface area contributed by atoms with Gasteiger partial charge in [0.15, 0.2) is 11.5 Å². The number of anilines is 2. The molecule has 8 heteroatoms. The van der Waals surface area contributed by atoms with Crippen molar-refractivity contribution < 1.29 is 23.8 Å². The lowest BCUT2D eigenvalue weighted by atomic mass is 10.1. The molecule has 30 heavy (non-hydrogen) atoms. The zero-order valence-electron chi connectivity index (χ0n) is 17.0. The van der Waals surface area contributed by atoms with E-state index in [-0.39, 0.29) is 12.0 Å². The van der Waals surface area contributed by atoms with Crippen molar-refractivity contribution in [2.75, 3.05) is 30.5 Å². The van der Waals surface area contributed by atoms with Gasteiger partial charge in [-0.05, 0) is 55.8 Å². The molecule has 1 N–H and O–H groups in total. The molecule has 2 amide bonds. The molecule has 0 aromatic heterocycles. The summed E-state index contributed by atoms with van der Waals surface area (Å²) in [6.07, 6.45) is 2.57. The number of hydrogen-bond donors (Lipinski definition) is 1. The van der Waals surface area contributed by atoms with Crippen LogP contribution < -0.4 is 19.7 Å². The largest absolute Gasteiger partial charge is 0.493 e. The summed E-state index contributed by atoms with van der Waals surface area (Å²) in [6.45, 7) is 4.63. The first kappa shape index (κ1) is 21.5. The van der Waals surface area contributed by atoms with E-state index in [1.54, 1.807) is 42.5 Å². The zero-order chi connectivity index (χ0) is 21.7. The number of halogens is 1. The number of ether oxygens (including phenoxy) is 3. The van der Waals surface area contributed by atoms with Crippen molar-refractivity contribution in [1.82, 2.24) is 0 Å². The Hall–Kier alpha value is -3.19. The average Bonchev–Trinajstić information content (AvgIpc) is 3.14. The summed E-state index contributed by atoms with van der Waals surface area (Å²) >= 11 is 6.31. The summed E-state index contributed by atoms with van der Waals surface area (Å²) in [7, 11) is 1.53. The van der Waals surface area contributed by atoms with Crippen LogP contribution in [0.4, 0.5) is 16.2 Å². The maximum absolute atomic E-state index is 12.3. The van der Waals surface area contributed by atoms with Crippen molar-refractivity contribution in [3.8, 4) is 11.5 Å². The molecule has 0 spiro atoms. The first-order valence-corrected chi connectivity index (χ1v) is 9.83. The van der Waals surface area contributed by atoms with E-state index >= 15 is 0 Å². The average molecular weight is 431 g/mol. The number of nitrogens with one attached hydrogen (secondary N) is 1. The predicted molar refractivity (Wildman–Crippen MR) is 117 cm³/mol. The van der Waals surface area contributed by atoms with Crippen molar-refractivity contribution in [2.45, 2.75) is 20.0 Å². The highest BCUT2D eigenvalue weighted by Crippen LogP contribution is 2.37. The van der Waals surface area contributed by atoms with Gasteiger partial charge in [0.1, 0.15) is 6.61 Å². The van der Waals surface area contributed by atoms with Gasteiger partial charge in [-0.15, -0.1) is 0 Å². The molecule has 3 rings (SSSR count). The van der Waals surface area contributed by atoms with Crippen LogP contribution in [0.25, 0.3) is 6.08 Å². The standard InChI is InChI=1S/C22H23ClN2O5/c1-14(2)30-21-18(23)11-15(12-19(21)28-3)7-8-20(26)24-16-5-4-6-17(13-16)25-9-10-29-22(25)27/h4-8,11-14H,9-10H2,1-3H3,(H,24,26)/b8-7+. The molecule has 1 fully saturated rings. The normalized spacial score (nSPS) is 13.6. The Balaban J connectivity index is 1.70. The molecule has 1 heterocycles. The smallest absolute Gasteiger partial charge is 0.414 e. The topological polar surface area (TPSA) is 77.1 Å². The van der Waals surface area contributed by atoms with Gasteiger partial charge in [0, 0.05) is 17.5 Å². The van der Waals surface area contributed by atoms with Gasteiger partial charge in [-0.25, -0.2) is 4.79 Å². The Morgan fingerprint density at radius 1 is 1.30 bits per heavy atom. The minimum atomic E-state index is -0.394. The first-order valence-electron chi connectivity index (χ1n) is 9.45. The van der Waals surface area contributed by atoms with Crippen LogP contribution >= 0.6 is 11.6 Å². The Labute approximate surface area is 180 Å². The van der Waals surface area contributed by atoms with Crippen molar-refractivity contribution in [3.05, 3.63) is 53.1 Å². The molecular weight excluding hydrogens is 408 g/mol. The summed E-state index contributed by atoms with van der Waals surface area (Å²) in [5.74, 6) is 0.628. The predicted octanol–water partition coefficient (Wildman–Crippen LogP) is 4.74. The Bertz CT molecular complexity index is 974. The van der Waals surface area contributed by atoms with Crippen LogP contribution in [-0.4, -0.2) is 38.4 Å². The third kappa shape index (κ3) is 5.24. The van der Waals surface area contributed by atoms with Gasteiger partial charge in [-0.1, -0.05) is 17.7 Å². The van der Waals surface area contributed by atoms with E-state index in [9.17, 15) is 9.59 Å². The molecule has 1 aliphatic heterocycles. The Kier molecular flexibility index (Phi) is 6.84. The molecule has 0 bridgehead atoms. The molecule has 1 aliphatic rings. The number of amides is 2. The molecule has 2 aromatic rings. The maximum Gasteiger partial charge on any atom is 0.414 e. The molecule has 0 unspecified atom stereocenters. The quantitative estimate of drug-likeness (QED) is 0.642. The number of benzene rings is 2. The van der Waals surface area contributed by atoms with Crippen LogP contribution in [0.1, 0.15) is 19.4 Å². The second kappa shape index (κ2) is 9.54. The van der Waals surface area contributed by atoms with Crippen molar-refractivity contribution >= 4 is 41.1 Å². The molecule has 0 atom stereocenters. The fourth-order valence-electron chi connectivity index (χ4n) is 2.92. The number of methoxy groups -OCH3 is 1. The minimum Gasteiger partial charge on any atom is -0.493 e. The van der Waals surface area contributed by atoms with E-state index < -0.39 is 6.09 Å². The van der Waals surface area contributed by atoms with Gasteiger partial charge in [-0.2, -0.15) is 0 Å². The monoisotopic (exact) mass is 430 g/mol. The van der Waals surface area contributed by atoms with Crippen LogP contribution in [0.5, 0.6) is 11.5 Å². The first-order chi connectivity index (χ1) is 14.4.